The molecule has 1 radical (unpaired) electrons. The van der Waals surface area contributed by atoms with Crippen molar-refractivity contribution < 1.29 is 9.68 Å². The summed E-state index contributed by atoms with van der Waals surface area (Å²) < 4.78 is 4.58. The summed E-state index contributed by atoms with van der Waals surface area (Å²) in [7, 11) is 0.705. The Hall–Kier alpha value is -0.435. The summed E-state index contributed by atoms with van der Waals surface area (Å²) in [5.74, 6) is 0. The van der Waals surface area contributed by atoms with Crippen LogP contribution in [0.2, 0.25) is 0 Å². The smallest absolute Gasteiger partial charge is 0.544 e. The van der Waals surface area contributed by atoms with Gasteiger partial charge in [0, 0.05) is 0 Å². The van der Waals surface area contributed by atoms with E-state index in [4.69, 9.17) is 5.02 Å². The van der Waals surface area contributed by atoms with Crippen molar-refractivity contribution in [3.63, 3.8) is 0 Å². The van der Waals surface area contributed by atoms with Crippen molar-refractivity contribution in [3.05, 3.63) is 12.3 Å². The Morgan fingerprint density at radius 2 is 1.33 bits per heavy atom. The number of hydrogen-bond acceptors (Lipinski definition) is 2. The fourth-order valence-corrected chi connectivity index (χ4v) is 2.09. The first-order valence-corrected chi connectivity index (χ1v) is 7.68. The van der Waals surface area contributed by atoms with E-state index in [0.29, 0.717) is 7.69 Å². The van der Waals surface area contributed by atoms with Gasteiger partial charge in [-0.3, -0.25) is 0 Å². The highest BCUT2D eigenvalue weighted by Gasteiger charge is 1.92. The van der Waals surface area contributed by atoms with Crippen molar-refractivity contribution in [1.29, 1.82) is 0 Å². The van der Waals surface area contributed by atoms with Crippen LogP contribution >= 0.6 is 0 Å². The normalized spacial score (nSPS) is 11.0. The summed E-state index contributed by atoms with van der Waals surface area (Å²) in [5, 5.41) is 8.26. The Bertz CT molecular complexity index is 172. The predicted octanol–water partition coefficient (Wildman–Crippen LogP) is 4.74. The lowest BCUT2D eigenvalue weighted by atomic mass is 10.1. The molecule has 0 atom stereocenters. The van der Waals surface area contributed by atoms with Crippen LogP contribution in [0, 0.1) is 0 Å². The Balaban J connectivity index is 2.94. The molecule has 1 N–H and O–H groups in total. The summed E-state index contributed by atoms with van der Waals surface area (Å²) in [6.45, 7) is 2.27. The zero-order chi connectivity index (χ0) is 13.3. The Labute approximate surface area is 114 Å². The topological polar surface area (TPSA) is 29.5 Å². The number of unbranched alkanes of at least 4 members (excludes halogenated alkanes) is 11. The molecule has 105 valence electrons. The van der Waals surface area contributed by atoms with Crippen LogP contribution in [0.25, 0.3) is 0 Å². The van der Waals surface area contributed by atoms with Crippen LogP contribution in [-0.2, 0) is 4.65 Å². The van der Waals surface area contributed by atoms with Gasteiger partial charge >= 0.3 is 7.69 Å². The molecule has 0 amide bonds. The SMILES string of the molecule is CCCCCCCCCCCCCC=CO[B]O. The van der Waals surface area contributed by atoms with Gasteiger partial charge in [0.25, 0.3) is 0 Å². The number of hydrogen-bond donors (Lipinski definition) is 1. The van der Waals surface area contributed by atoms with Crippen molar-refractivity contribution in [3.8, 4) is 0 Å². The number of allylic oxidation sites excluding steroid dienone is 1. The van der Waals surface area contributed by atoms with Crippen LogP contribution in [0.5, 0.6) is 0 Å². The van der Waals surface area contributed by atoms with Gasteiger partial charge in [-0.2, -0.15) is 0 Å². The van der Waals surface area contributed by atoms with Crippen LogP contribution in [0.1, 0.15) is 84.0 Å². The minimum Gasteiger partial charge on any atom is -0.544 e. The highest BCUT2D eigenvalue weighted by Crippen LogP contribution is 2.11. The molecule has 0 bridgehead atoms. The zero-order valence-corrected chi connectivity index (χ0v) is 12.1. The summed E-state index contributed by atoms with van der Waals surface area (Å²) in [6.07, 6.45) is 19.7. The maximum absolute atomic E-state index is 8.26. The second-order valence-electron chi connectivity index (χ2n) is 4.94. The van der Waals surface area contributed by atoms with E-state index in [1.807, 2.05) is 6.08 Å². The van der Waals surface area contributed by atoms with Gasteiger partial charge in [0.15, 0.2) is 0 Å². The highest BCUT2D eigenvalue weighted by molar-refractivity contribution is 6.16. The average Bonchev–Trinajstić information content (AvgIpc) is 2.39. The van der Waals surface area contributed by atoms with Gasteiger partial charge in [0.2, 0.25) is 0 Å². The van der Waals surface area contributed by atoms with Crippen LogP contribution in [0.3, 0.4) is 0 Å². The largest absolute Gasteiger partial charge is 0.568 e. The molecule has 0 aromatic heterocycles. The van der Waals surface area contributed by atoms with Crippen molar-refractivity contribution in [2.75, 3.05) is 0 Å². The third-order valence-electron chi connectivity index (χ3n) is 3.21. The lowest BCUT2D eigenvalue weighted by molar-refractivity contribution is 0.404. The van der Waals surface area contributed by atoms with Crippen LogP contribution < -0.4 is 0 Å². The molecule has 0 heterocycles. The van der Waals surface area contributed by atoms with Gasteiger partial charge in [-0.15, -0.1) is 0 Å². The molecule has 0 fully saturated rings. The molecule has 0 unspecified atom stereocenters. The molecule has 0 rings (SSSR count). The van der Waals surface area contributed by atoms with E-state index >= 15 is 0 Å². The van der Waals surface area contributed by atoms with E-state index in [1.165, 1.54) is 76.9 Å². The van der Waals surface area contributed by atoms with Gasteiger partial charge in [-0.25, -0.2) is 0 Å². The van der Waals surface area contributed by atoms with Gasteiger partial charge < -0.3 is 9.68 Å². The lowest BCUT2D eigenvalue weighted by Crippen LogP contribution is -1.87. The van der Waals surface area contributed by atoms with E-state index in [2.05, 4.69) is 11.6 Å². The molecule has 0 aliphatic carbocycles. The van der Waals surface area contributed by atoms with Crippen LogP contribution in [0.15, 0.2) is 12.3 Å². The second-order valence-corrected chi connectivity index (χ2v) is 4.94. The third-order valence-corrected chi connectivity index (χ3v) is 3.21. The van der Waals surface area contributed by atoms with E-state index < -0.39 is 0 Å². The molecule has 0 saturated heterocycles. The van der Waals surface area contributed by atoms with Crippen LogP contribution in [0.4, 0.5) is 0 Å². The molecule has 0 spiro atoms. The van der Waals surface area contributed by atoms with Gasteiger partial charge in [-0.1, -0.05) is 77.2 Å². The lowest BCUT2D eigenvalue weighted by Gasteiger charge is -2.01. The van der Waals surface area contributed by atoms with E-state index in [-0.39, 0.29) is 0 Å². The van der Waals surface area contributed by atoms with Gasteiger partial charge in [0.05, 0.1) is 6.26 Å². The fourth-order valence-electron chi connectivity index (χ4n) is 2.09. The maximum Gasteiger partial charge on any atom is 0.568 e. The fraction of sp³-hybridized carbons (Fsp3) is 0.867. The van der Waals surface area contributed by atoms with Crippen molar-refractivity contribution in [2.45, 2.75) is 84.0 Å². The molecule has 18 heavy (non-hydrogen) atoms. The summed E-state index contributed by atoms with van der Waals surface area (Å²) >= 11 is 0. The maximum atomic E-state index is 8.26. The van der Waals surface area contributed by atoms with Gasteiger partial charge in [0.1, 0.15) is 0 Å². The molecular formula is C15H30BO2. The number of rotatable bonds is 14. The molecule has 0 aliphatic rings. The highest BCUT2D eigenvalue weighted by atomic mass is 16.5. The Kier molecular flexibility index (Phi) is 16.2. The molecule has 3 heteroatoms. The second kappa shape index (κ2) is 16.6. The summed E-state index contributed by atoms with van der Waals surface area (Å²) in [6, 6.07) is 0. The standard InChI is InChI=1S/C15H30BO2/c1-2-3-4-5-6-7-8-9-10-11-12-13-14-15-18-16-17/h14-15,17H,2-13H2,1H3. The average molecular weight is 253 g/mol. The zero-order valence-electron chi connectivity index (χ0n) is 12.1. The molecule has 0 saturated carbocycles. The minimum absolute atomic E-state index is 0.705. The Morgan fingerprint density at radius 1 is 0.833 bits per heavy atom. The predicted molar refractivity (Wildman–Crippen MR) is 79.3 cm³/mol. The quantitative estimate of drug-likeness (QED) is 0.275. The van der Waals surface area contributed by atoms with Crippen molar-refractivity contribution >= 4 is 7.69 Å². The van der Waals surface area contributed by atoms with E-state index in [1.54, 1.807) is 0 Å². The van der Waals surface area contributed by atoms with Crippen molar-refractivity contribution in [1.82, 2.24) is 0 Å². The monoisotopic (exact) mass is 253 g/mol. The van der Waals surface area contributed by atoms with Crippen LogP contribution in [-0.4, -0.2) is 12.7 Å². The van der Waals surface area contributed by atoms with Crippen molar-refractivity contribution in [2.24, 2.45) is 0 Å². The van der Waals surface area contributed by atoms with Gasteiger partial charge in [-0.05, 0) is 12.8 Å². The van der Waals surface area contributed by atoms with E-state index in [0.717, 1.165) is 6.42 Å². The molecule has 2 nitrogen and oxygen atoms in total. The molecule has 0 aromatic rings. The van der Waals surface area contributed by atoms with E-state index in [9.17, 15) is 0 Å². The first kappa shape index (κ1) is 17.6. The molecule has 0 aromatic carbocycles. The Morgan fingerprint density at radius 3 is 1.83 bits per heavy atom. The first-order valence-electron chi connectivity index (χ1n) is 7.68. The third kappa shape index (κ3) is 15.6. The summed E-state index contributed by atoms with van der Waals surface area (Å²) in [4.78, 5) is 0. The summed E-state index contributed by atoms with van der Waals surface area (Å²) in [5.41, 5.74) is 0. The first-order chi connectivity index (χ1) is 8.91. The molecule has 0 aliphatic heterocycles. The minimum atomic E-state index is 0.705. The molecular weight excluding hydrogens is 223 g/mol.